The maximum atomic E-state index is 6.91. The van der Waals surface area contributed by atoms with Crippen molar-refractivity contribution in [3.05, 3.63) is 35.9 Å². The molecule has 0 amide bonds. The summed E-state index contributed by atoms with van der Waals surface area (Å²) in [4.78, 5) is 0. The van der Waals surface area contributed by atoms with Crippen LogP contribution in [0, 0.1) is 5.92 Å². The molecule has 0 N–H and O–H groups in total. The van der Waals surface area contributed by atoms with Crippen LogP contribution in [-0.2, 0) is 28.4 Å². The largest absolute Gasteiger partial charge is 0.375 e. The maximum Gasteiger partial charge on any atom is 0.184 e. The van der Waals surface area contributed by atoms with Gasteiger partial charge in [-0.3, -0.25) is 0 Å². The lowest BCUT2D eigenvalue weighted by Gasteiger charge is -2.58. The van der Waals surface area contributed by atoms with Crippen LogP contribution in [-0.4, -0.2) is 61.0 Å². The Labute approximate surface area is 197 Å². The van der Waals surface area contributed by atoms with Crippen molar-refractivity contribution in [1.29, 1.82) is 0 Å². The summed E-state index contributed by atoms with van der Waals surface area (Å²) in [6, 6.07) is 10.2. The number of rotatable bonds is 1. The van der Waals surface area contributed by atoms with Gasteiger partial charge in [0, 0.05) is 25.0 Å². The first-order valence-corrected chi connectivity index (χ1v) is 12.9. The van der Waals surface area contributed by atoms with Gasteiger partial charge in [-0.15, -0.1) is 0 Å². The van der Waals surface area contributed by atoms with E-state index in [0.717, 1.165) is 50.7 Å². The van der Waals surface area contributed by atoms with Crippen LogP contribution in [0.5, 0.6) is 0 Å². The summed E-state index contributed by atoms with van der Waals surface area (Å²) in [5.74, 6) is 0.422. The molecular weight excluding hydrogens is 420 g/mol. The molecule has 5 aliphatic heterocycles. The van der Waals surface area contributed by atoms with Crippen LogP contribution in [0.15, 0.2) is 30.3 Å². The minimum absolute atomic E-state index is 0.0293. The normalized spacial score (nSPS) is 50.0. The summed E-state index contributed by atoms with van der Waals surface area (Å²) in [6.45, 7) is 8.01. The van der Waals surface area contributed by atoms with Gasteiger partial charge in [0.2, 0.25) is 0 Å². The lowest BCUT2D eigenvalue weighted by molar-refractivity contribution is -0.371. The van der Waals surface area contributed by atoms with E-state index in [0.29, 0.717) is 12.5 Å². The monoisotopic (exact) mass is 458 g/mol. The summed E-state index contributed by atoms with van der Waals surface area (Å²) in [6.07, 6.45) is 5.91. The summed E-state index contributed by atoms with van der Waals surface area (Å²) < 4.78 is 39.1. The molecule has 0 bridgehead atoms. The molecule has 0 aliphatic carbocycles. The molecule has 5 aliphatic rings. The highest BCUT2D eigenvalue weighted by Gasteiger charge is 2.58. The summed E-state index contributed by atoms with van der Waals surface area (Å²) in [5, 5.41) is 0. The van der Waals surface area contributed by atoms with Gasteiger partial charge in [0.25, 0.3) is 0 Å². The van der Waals surface area contributed by atoms with Crippen molar-refractivity contribution in [2.45, 2.75) is 113 Å². The zero-order valence-corrected chi connectivity index (χ0v) is 20.1. The first-order valence-electron chi connectivity index (χ1n) is 12.9. The van der Waals surface area contributed by atoms with Gasteiger partial charge in [-0.1, -0.05) is 37.3 Å². The van der Waals surface area contributed by atoms with Crippen LogP contribution in [0.1, 0.15) is 71.1 Å². The van der Waals surface area contributed by atoms with E-state index < -0.39 is 5.60 Å². The highest BCUT2D eigenvalue weighted by Crippen LogP contribution is 2.49. The molecule has 0 aromatic heterocycles. The summed E-state index contributed by atoms with van der Waals surface area (Å²) >= 11 is 0. The van der Waals surface area contributed by atoms with Crippen LogP contribution < -0.4 is 0 Å². The Bertz CT molecular complexity index is 833. The lowest BCUT2D eigenvalue weighted by Crippen LogP contribution is -2.67. The van der Waals surface area contributed by atoms with E-state index in [1.165, 1.54) is 0 Å². The fourth-order valence-corrected chi connectivity index (χ4v) is 6.67. The quantitative estimate of drug-likeness (QED) is 0.615. The Hall–Kier alpha value is -1.02. The highest BCUT2D eigenvalue weighted by molar-refractivity contribution is 5.17. The molecule has 182 valence electrons. The fraction of sp³-hybridized carbons (Fsp3) is 0.778. The average molecular weight is 459 g/mol. The van der Waals surface area contributed by atoms with Gasteiger partial charge in [-0.25, -0.2) is 0 Å². The highest BCUT2D eigenvalue weighted by atomic mass is 16.7. The minimum atomic E-state index is -0.484. The van der Waals surface area contributed by atoms with Crippen LogP contribution in [0.25, 0.3) is 0 Å². The van der Waals surface area contributed by atoms with Gasteiger partial charge in [-0.2, -0.15) is 0 Å². The third kappa shape index (κ3) is 4.07. The van der Waals surface area contributed by atoms with Crippen LogP contribution in [0.3, 0.4) is 0 Å². The van der Waals surface area contributed by atoms with E-state index in [1.807, 2.05) is 18.2 Å². The maximum absolute atomic E-state index is 6.91. The molecule has 33 heavy (non-hydrogen) atoms. The van der Waals surface area contributed by atoms with Gasteiger partial charge in [0.05, 0.1) is 48.8 Å². The first kappa shape index (κ1) is 22.4. The summed E-state index contributed by atoms with van der Waals surface area (Å²) in [7, 11) is 0. The van der Waals surface area contributed by atoms with Gasteiger partial charge in [0.15, 0.2) is 6.29 Å². The van der Waals surface area contributed by atoms with Crippen LogP contribution in [0.4, 0.5) is 0 Å². The Balaban J connectivity index is 1.23. The van der Waals surface area contributed by atoms with Gasteiger partial charge in [0.1, 0.15) is 5.60 Å². The molecule has 0 spiro atoms. The average Bonchev–Trinajstić information content (AvgIpc) is 2.82. The van der Waals surface area contributed by atoms with E-state index in [2.05, 4.69) is 32.9 Å². The molecule has 6 rings (SSSR count). The van der Waals surface area contributed by atoms with Gasteiger partial charge in [-0.05, 0) is 45.4 Å². The molecule has 6 nitrogen and oxygen atoms in total. The lowest BCUT2D eigenvalue weighted by atomic mass is 9.76. The van der Waals surface area contributed by atoms with Crippen molar-refractivity contribution in [1.82, 2.24) is 0 Å². The number of hydrogen-bond donors (Lipinski definition) is 0. The Kier molecular flexibility index (Phi) is 5.83. The fourth-order valence-electron chi connectivity index (χ4n) is 6.67. The van der Waals surface area contributed by atoms with Crippen molar-refractivity contribution in [3.63, 3.8) is 0 Å². The second kappa shape index (κ2) is 8.58. The standard InChI is InChI=1S/C27H38O6/c1-17-11-12-26(2)22(30-21-14-20-19(31-24(17)21)10-7-13-28-20)15-23-27(3,33-26)16-29-25(32-23)18-8-5-4-6-9-18/h4-6,8-9,17,19-25H,7,10-16H2,1-3H3/t17-,19-,20+,21-,22+,23-,24+,25+,26-,27+/m0/s1. The van der Waals surface area contributed by atoms with Crippen molar-refractivity contribution >= 4 is 0 Å². The molecule has 0 radical (unpaired) electrons. The van der Waals surface area contributed by atoms with Gasteiger partial charge >= 0.3 is 0 Å². The Morgan fingerprint density at radius 3 is 2.48 bits per heavy atom. The molecule has 1 aromatic rings. The molecule has 1 aromatic carbocycles. The molecule has 5 heterocycles. The Morgan fingerprint density at radius 1 is 0.818 bits per heavy atom. The van der Waals surface area contributed by atoms with Gasteiger partial charge < -0.3 is 28.4 Å². The number of hydrogen-bond acceptors (Lipinski definition) is 6. The van der Waals surface area contributed by atoms with Crippen molar-refractivity contribution in [2.24, 2.45) is 5.92 Å². The molecule has 5 fully saturated rings. The molecule has 6 heteroatoms. The third-order valence-corrected chi connectivity index (χ3v) is 8.68. The van der Waals surface area contributed by atoms with Crippen molar-refractivity contribution in [2.75, 3.05) is 13.2 Å². The van der Waals surface area contributed by atoms with E-state index in [4.69, 9.17) is 28.4 Å². The third-order valence-electron chi connectivity index (χ3n) is 8.68. The van der Waals surface area contributed by atoms with E-state index in [-0.39, 0.29) is 48.5 Å². The molecular formula is C27H38O6. The smallest absolute Gasteiger partial charge is 0.184 e. The van der Waals surface area contributed by atoms with E-state index in [1.54, 1.807) is 0 Å². The molecule has 0 unspecified atom stereocenters. The predicted molar refractivity (Wildman–Crippen MR) is 122 cm³/mol. The second-order valence-electron chi connectivity index (χ2n) is 11.2. The van der Waals surface area contributed by atoms with Crippen LogP contribution >= 0.6 is 0 Å². The SMILES string of the molecule is C[C@H]1CC[C@]2(C)O[C@]3(C)CO[C@@H](c4ccccc4)O[C@H]3C[C@H]2O[C@H]2C[C@H]3OCCC[C@@H]3O[C@@H]21. The number of ether oxygens (including phenoxy) is 6. The zero-order valence-electron chi connectivity index (χ0n) is 20.1. The Morgan fingerprint density at radius 2 is 1.64 bits per heavy atom. The van der Waals surface area contributed by atoms with E-state index in [9.17, 15) is 0 Å². The van der Waals surface area contributed by atoms with Crippen molar-refractivity contribution in [3.8, 4) is 0 Å². The first-order chi connectivity index (χ1) is 15.9. The topological polar surface area (TPSA) is 55.4 Å². The molecule has 0 saturated carbocycles. The number of fused-ring (bicyclic) bond motifs is 4. The number of benzene rings is 1. The summed E-state index contributed by atoms with van der Waals surface area (Å²) in [5.41, 5.74) is 0.185. The van der Waals surface area contributed by atoms with E-state index >= 15 is 0 Å². The molecule has 5 saturated heterocycles. The molecule has 10 atom stereocenters. The predicted octanol–water partition coefficient (Wildman–Crippen LogP) is 4.56. The zero-order chi connectivity index (χ0) is 22.6. The second-order valence-corrected chi connectivity index (χ2v) is 11.2. The van der Waals surface area contributed by atoms with Crippen molar-refractivity contribution < 1.29 is 28.4 Å². The minimum Gasteiger partial charge on any atom is -0.375 e. The van der Waals surface area contributed by atoms with Crippen LogP contribution in [0.2, 0.25) is 0 Å².